The van der Waals surface area contributed by atoms with Crippen molar-refractivity contribution in [3.63, 3.8) is 0 Å². The normalized spacial score (nSPS) is 14.1. The van der Waals surface area contributed by atoms with Gasteiger partial charge in [-0.3, -0.25) is 19.7 Å². The van der Waals surface area contributed by atoms with Crippen LogP contribution in [0.3, 0.4) is 0 Å². The zero-order valence-electron chi connectivity index (χ0n) is 52.0. The molecular weight excluding hydrogens is 1680 g/mol. The first-order valence-electron chi connectivity index (χ1n) is 27.4. The fourth-order valence-electron chi connectivity index (χ4n) is 8.72. The van der Waals surface area contributed by atoms with E-state index in [-0.39, 0.29) is 125 Å². The molecule has 2 saturated heterocycles. The SMILES string of the molecule is CC.COC(=O)c1cc(F)c(-c2n[nH]c3cccc(F)c23)cc1OC.COC(=O)c1cc(F)c(B2OC(C)(C)C(C)(C)O2)cc1OC.Fc1cccc2[nH]ncc12.Fc1cccc2c1c(I)nn2C1CCCCO1.Fc1cccc2n[nH]c(I)c12.II.[2H]CF.[K+].[OH-]. The number of carbonyl (C=O) groups excluding carboxylic acids is 2. The summed E-state index contributed by atoms with van der Waals surface area (Å²) in [4.78, 5) is 23.3. The van der Waals surface area contributed by atoms with Crippen molar-refractivity contribution in [2.24, 2.45) is 0 Å². The van der Waals surface area contributed by atoms with Gasteiger partial charge in [-0.25, -0.2) is 40.6 Å². The minimum absolute atomic E-state index is 0. The molecule has 18 nitrogen and oxygen atoms in total. The number of rotatable bonds is 7. The quantitative estimate of drug-likeness (QED) is 0.0583. The molecule has 0 amide bonds. The van der Waals surface area contributed by atoms with Gasteiger partial charge in [0.15, 0.2) is 6.23 Å². The molecule has 1 atom stereocenters. The van der Waals surface area contributed by atoms with E-state index in [0.29, 0.717) is 30.9 Å². The van der Waals surface area contributed by atoms with Crippen LogP contribution in [0.15, 0.2) is 103 Å². The summed E-state index contributed by atoms with van der Waals surface area (Å²) in [5, 5.41) is 25.9. The van der Waals surface area contributed by atoms with Gasteiger partial charge in [0.1, 0.15) is 70.6 Å². The topological polar surface area (TPSA) is 233 Å². The Morgan fingerprint density at radius 3 is 1.76 bits per heavy atom. The molecule has 0 spiro atoms. The first-order valence-corrected chi connectivity index (χ1v) is 35.2. The summed E-state index contributed by atoms with van der Waals surface area (Å²) in [5.74, 6) is -3.62. The Morgan fingerprint density at radius 1 is 0.681 bits per heavy atom. The number of halogens is 11. The molecule has 31 heteroatoms. The Labute approximate surface area is 615 Å². The minimum Gasteiger partial charge on any atom is -0.870 e. The number of benzene rings is 6. The molecule has 2 aliphatic rings. The van der Waals surface area contributed by atoms with E-state index in [9.17, 15) is 40.3 Å². The van der Waals surface area contributed by atoms with Crippen molar-refractivity contribution < 1.29 is 132 Å². The summed E-state index contributed by atoms with van der Waals surface area (Å²) in [6.45, 7) is 12.3. The molecule has 4 N–H and O–H groups in total. The van der Waals surface area contributed by atoms with Gasteiger partial charge in [0.25, 0.3) is 0 Å². The number of nitrogens with one attached hydrogen (secondary N) is 3. The number of H-pyrrole nitrogens is 3. The number of aromatic nitrogens is 8. The van der Waals surface area contributed by atoms with Crippen molar-refractivity contribution in [2.45, 2.75) is 78.2 Å². The van der Waals surface area contributed by atoms with Crippen LogP contribution < -0.4 is 66.3 Å². The molecule has 0 saturated carbocycles. The third kappa shape index (κ3) is 19.7. The molecule has 6 heterocycles. The molecule has 2 aliphatic heterocycles. The van der Waals surface area contributed by atoms with E-state index in [1.165, 1.54) is 77.1 Å². The minimum atomic E-state index is -1.00. The fraction of sp³-hybridized carbons (Fsp3) is 0.300. The number of ether oxygens (including phenoxy) is 5. The third-order valence-electron chi connectivity index (χ3n) is 13.7. The standard InChI is InChI=1S/C16H12F2N2O3.C15H20BFO5.C12H12FIN2O.C7H4FIN2.C7H5FN2.C2H6.CH3F.I2.K.H2O/c1-22-13-7-8(11(18)6-9(13)16(21)23-2)15-14-10(17)4-3-5-12(14)19-20-15;1-14(2)15(3,4)22-16(21-14)10-8-12(19-5)9(7-11(10)17)13(18)20-6;13-8-4-3-5-9-11(8)12(14)15-16(9)10-6-1-2-7-17-10;8-4-2-1-3-5-6(4)7(9)11-10-5;8-6-2-1-3-7-5(6)4-9-10-7;3*1-2;;/h3-7H,1-2H3,(H,19,20);7-8H,1-6H3;3-5,10H,1-2,6-7H2;1-3H,(H,10,11);1-4H,(H,9,10);1-2H3;1H3;;;1H2/q;;;;;;;;+1;/p-1/i;;;;;;1D;;;. The Kier molecular flexibility index (Phi) is 33.3. The number of esters is 2. The van der Waals surface area contributed by atoms with Crippen LogP contribution in [0.25, 0.3) is 54.9 Å². The van der Waals surface area contributed by atoms with Crippen LogP contribution in [0.5, 0.6) is 11.5 Å². The number of fused-ring (bicyclic) bond motifs is 4. The summed E-state index contributed by atoms with van der Waals surface area (Å²) < 4.78 is 138. The van der Waals surface area contributed by atoms with Crippen molar-refractivity contribution in [1.29, 1.82) is 0 Å². The molecule has 12 rings (SSSR count). The first kappa shape index (κ1) is 79.2. The van der Waals surface area contributed by atoms with E-state index in [0.717, 1.165) is 52.7 Å². The van der Waals surface area contributed by atoms with Crippen molar-refractivity contribution in [3.8, 4) is 22.8 Å². The van der Waals surface area contributed by atoms with Crippen molar-refractivity contribution in [1.82, 2.24) is 40.4 Å². The van der Waals surface area contributed by atoms with Crippen LogP contribution in [0.1, 0.15) is 89.1 Å². The van der Waals surface area contributed by atoms with Gasteiger partial charge in [0.05, 0.1) is 98.0 Å². The zero-order chi connectivity index (χ0) is 66.6. The van der Waals surface area contributed by atoms with Crippen LogP contribution in [0, 0.1) is 42.3 Å². The second kappa shape index (κ2) is 38.3. The predicted molar refractivity (Wildman–Crippen MR) is 364 cm³/mol. The molecule has 4 aromatic heterocycles. The maximum atomic E-state index is 14.4. The maximum absolute atomic E-state index is 14.4. The molecule has 10 aromatic rings. The molecule has 6 aromatic carbocycles. The van der Waals surface area contributed by atoms with Crippen LogP contribution in [0.4, 0.5) is 30.7 Å². The molecule has 1 unspecified atom stereocenters. The van der Waals surface area contributed by atoms with Crippen molar-refractivity contribution in [2.75, 3.05) is 42.2 Å². The van der Waals surface area contributed by atoms with Gasteiger partial charge < -0.3 is 38.5 Å². The number of hydrogen-bond acceptors (Lipinski definition) is 14. The Balaban J connectivity index is 0.000000299. The van der Waals surface area contributed by atoms with E-state index in [1.807, 2.05) is 74.9 Å². The van der Waals surface area contributed by atoms with Crippen LogP contribution >= 0.6 is 82.4 Å². The van der Waals surface area contributed by atoms with Gasteiger partial charge in [-0.2, -0.15) is 20.4 Å². The smallest absolute Gasteiger partial charge is 0.870 e. The summed E-state index contributed by atoms with van der Waals surface area (Å²) in [7, 11) is 3.28. The van der Waals surface area contributed by atoms with Crippen molar-refractivity contribution >= 4 is 151 Å². The number of aromatic amines is 3. The first-order chi connectivity index (χ1) is 43.0. The van der Waals surface area contributed by atoms with Crippen LogP contribution in [-0.4, -0.2) is 118 Å². The predicted octanol–water partition coefficient (Wildman–Crippen LogP) is 12.9. The molecule has 0 bridgehead atoms. The zero-order valence-corrected chi connectivity index (χ0v) is 62.8. The van der Waals surface area contributed by atoms with E-state index < -0.39 is 54.9 Å². The number of nitrogens with zero attached hydrogens (tertiary/aromatic N) is 5. The second-order valence-electron chi connectivity index (χ2n) is 19.3. The molecule has 91 heavy (non-hydrogen) atoms. The molecule has 2 fully saturated rings. The summed E-state index contributed by atoms with van der Waals surface area (Å²) in [6, 6.07) is 24.0. The average molecular weight is 1750 g/mol. The van der Waals surface area contributed by atoms with Gasteiger partial charge in [-0.15, -0.1) is 0 Å². The monoisotopic (exact) mass is 1750 g/mol. The van der Waals surface area contributed by atoms with Crippen LogP contribution in [0.2, 0.25) is 0 Å². The maximum Gasteiger partial charge on any atom is 1.00 e. The molecule has 484 valence electrons. The van der Waals surface area contributed by atoms with E-state index >= 15 is 0 Å². The van der Waals surface area contributed by atoms with E-state index in [2.05, 4.69) is 105 Å². The third-order valence-corrected chi connectivity index (χ3v) is 15.2. The van der Waals surface area contributed by atoms with E-state index in [4.69, 9.17) is 24.9 Å². The molecular formula is C60H63BF7I4KN8O10. The summed E-state index contributed by atoms with van der Waals surface area (Å²) in [5.41, 5.74) is 1.77. The Bertz CT molecular complexity index is 4000. The number of alkyl halides is 1. The Hall–Kier alpha value is -4.29. The van der Waals surface area contributed by atoms with Gasteiger partial charge in [-0.05, 0) is 165 Å². The Morgan fingerprint density at radius 2 is 1.21 bits per heavy atom. The second-order valence-corrected chi connectivity index (χ2v) is 21.4. The van der Waals surface area contributed by atoms with Gasteiger partial charge in [0.2, 0.25) is 0 Å². The van der Waals surface area contributed by atoms with Crippen LogP contribution in [-0.2, 0) is 23.5 Å². The van der Waals surface area contributed by atoms with Gasteiger partial charge in [-0.1, -0.05) is 38.1 Å². The number of methoxy groups -OCH3 is 4. The van der Waals surface area contributed by atoms with Crippen molar-refractivity contribution in [3.05, 3.63) is 157 Å². The van der Waals surface area contributed by atoms with E-state index in [1.54, 1.807) is 36.4 Å². The molecule has 0 radical (unpaired) electrons. The largest absolute Gasteiger partial charge is 1.00 e. The van der Waals surface area contributed by atoms with Gasteiger partial charge in [0, 0.05) is 54.9 Å². The summed E-state index contributed by atoms with van der Waals surface area (Å²) in [6.07, 6.45) is 4.61. The average Bonchev–Trinajstić information content (AvgIpc) is 1.72. The molecule has 0 aliphatic carbocycles. The fourth-order valence-corrected chi connectivity index (χ4v) is 10.1. The number of hydrogen-bond donors (Lipinski definition) is 3. The van der Waals surface area contributed by atoms with Gasteiger partial charge >= 0.3 is 70.4 Å². The number of carbonyl (C=O) groups is 2. The summed E-state index contributed by atoms with van der Waals surface area (Å²) >= 11 is 8.33.